The van der Waals surface area contributed by atoms with Crippen molar-refractivity contribution in [1.29, 1.82) is 0 Å². The van der Waals surface area contributed by atoms with Gasteiger partial charge in [-0.15, -0.1) is 0 Å². The summed E-state index contributed by atoms with van der Waals surface area (Å²) in [6, 6.07) is 0. The number of piperidine rings is 1. The molecule has 0 aromatic carbocycles. The second-order valence-corrected chi connectivity index (χ2v) is 5.94. The predicted molar refractivity (Wildman–Crippen MR) is 65.2 cm³/mol. The maximum atomic E-state index is 11.5. The molecule has 16 heavy (non-hydrogen) atoms. The Morgan fingerprint density at radius 3 is 2.38 bits per heavy atom. The summed E-state index contributed by atoms with van der Waals surface area (Å²) < 4.78 is 5.46. The summed E-state index contributed by atoms with van der Waals surface area (Å²) in [5.41, 5.74) is 0.378. The fraction of sp³-hybridized carbons (Fsp3) is 0.769. The molecule has 1 atom stereocenters. The normalized spacial score (nSPS) is 27.2. The zero-order valence-corrected chi connectivity index (χ0v) is 11.0. The minimum atomic E-state index is -0.292. The van der Waals surface area contributed by atoms with Gasteiger partial charge < -0.3 is 10.1 Å². The van der Waals surface area contributed by atoms with Crippen LogP contribution >= 0.6 is 0 Å². The lowest BCUT2D eigenvalue weighted by atomic mass is 9.80. The first-order valence-corrected chi connectivity index (χ1v) is 5.80. The third-order valence-electron chi connectivity index (χ3n) is 3.09. The van der Waals surface area contributed by atoms with Gasteiger partial charge in [-0.1, -0.05) is 6.58 Å². The van der Waals surface area contributed by atoms with Crippen molar-refractivity contribution in [2.24, 2.45) is 0 Å². The van der Waals surface area contributed by atoms with Crippen LogP contribution in [-0.4, -0.2) is 23.2 Å². The van der Waals surface area contributed by atoms with Crippen LogP contribution in [0.1, 0.15) is 47.5 Å². The highest BCUT2D eigenvalue weighted by Gasteiger charge is 2.41. The van der Waals surface area contributed by atoms with Gasteiger partial charge in [-0.25, -0.2) is 4.79 Å². The van der Waals surface area contributed by atoms with Gasteiger partial charge in [-0.3, -0.25) is 0 Å². The number of esters is 1. The van der Waals surface area contributed by atoms with Gasteiger partial charge in [0, 0.05) is 11.1 Å². The molecule has 1 aliphatic heterocycles. The zero-order chi connectivity index (χ0) is 12.6. The number of nitrogens with one attached hydrogen (secondary N) is 1. The number of carbonyl (C=O) groups is 1. The van der Waals surface area contributed by atoms with Crippen molar-refractivity contribution in [3.63, 3.8) is 0 Å². The molecule has 0 amide bonds. The fourth-order valence-corrected chi connectivity index (χ4v) is 2.30. The van der Waals surface area contributed by atoms with E-state index in [9.17, 15) is 4.79 Å². The average Bonchev–Trinajstić information content (AvgIpc) is 2.07. The summed E-state index contributed by atoms with van der Waals surface area (Å²) in [5, 5.41) is 3.52. The van der Waals surface area contributed by atoms with E-state index in [-0.39, 0.29) is 23.2 Å². The molecule has 1 fully saturated rings. The SMILES string of the molecule is C=C(C)C(=O)OC1CCC(C)(C)NC1(C)C. The van der Waals surface area contributed by atoms with Crippen molar-refractivity contribution < 1.29 is 9.53 Å². The molecule has 0 aromatic heterocycles. The van der Waals surface area contributed by atoms with E-state index in [2.05, 4.69) is 39.6 Å². The fourth-order valence-electron chi connectivity index (χ4n) is 2.30. The number of carbonyl (C=O) groups excluding carboxylic acids is 1. The molecule has 3 heteroatoms. The minimum absolute atomic E-state index is 0.0790. The molecule has 0 aliphatic carbocycles. The molecular weight excluding hydrogens is 202 g/mol. The Morgan fingerprint density at radius 2 is 1.94 bits per heavy atom. The summed E-state index contributed by atoms with van der Waals surface area (Å²) in [6.07, 6.45) is 1.82. The summed E-state index contributed by atoms with van der Waals surface area (Å²) >= 11 is 0. The average molecular weight is 225 g/mol. The largest absolute Gasteiger partial charge is 0.457 e. The third-order valence-corrected chi connectivity index (χ3v) is 3.09. The van der Waals surface area contributed by atoms with Gasteiger partial charge in [0.15, 0.2) is 0 Å². The number of hydrogen-bond acceptors (Lipinski definition) is 3. The van der Waals surface area contributed by atoms with Gasteiger partial charge in [0.05, 0.1) is 5.54 Å². The van der Waals surface area contributed by atoms with Crippen LogP contribution < -0.4 is 5.32 Å². The van der Waals surface area contributed by atoms with E-state index in [1.54, 1.807) is 6.92 Å². The van der Waals surface area contributed by atoms with E-state index in [1.807, 2.05) is 0 Å². The van der Waals surface area contributed by atoms with Gasteiger partial charge in [-0.2, -0.15) is 0 Å². The Kier molecular flexibility index (Phi) is 3.48. The van der Waals surface area contributed by atoms with Crippen LogP contribution in [0.5, 0.6) is 0 Å². The van der Waals surface area contributed by atoms with Crippen molar-refractivity contribution in [1.82, 2.24) is 5.32 Å². The quantitative estimate of drug-likeness (QED) is 0.579. The summed E-state index contributed by atoms with van der Waals surface area (Å²) in [5.74, 6) is -0.292. The van der Waals surface area contributed by atoms with Crippen LogP contribution in [0, 0.1) is 0 Å². The lowest BCUT2D eigenvalue weighted by Gasteiger charge is -2.47. The van der Waals surface area contributed by atoms with Gasteiger partial charge in [0.2, 0.25) is 0 Å². The Morgan fingerprint density at radius 1 is 1.38 bits per heavy atom. The van der Waals surface area contributed by atoms with Crippen LogP contribution in [-0.2, 0) is 9.53 Å². The van der Waals surface area contributed by atoms with Crippen LogP contribution in [0.2, 0.25) is 0 Å². The first-order valence-electron chi connectivity index (χ1n) is 5.80. The molecule has 0 aromatic rings. The monoisotopic (exact) mass is 225 g/mol. The van der Waals surface area contributed by atoms with E-state index in [1.165, 1.54) is 0 Å². The minimum Gasteiger partial charge on any atom is -0.457 e. The molecule has 0 saturated carbocycles. The lowest BCUT2D eigenvalue weighted by molar-refractivity contribution is -0.151. The van der Waals surface area contributed by atoms with Gasteiger partial charge in [0.25, 0.3) is 0 Å². The second kappa shape index (κ2) is 4.21. The van der Waals surface area contributed by atoms with Gasteiger partial charge in [0.1, 0.15) is 6.10 Å². The maximum absolute atomic E-state index is 11.5. The smallest absolute Gasteiger partial charge is 0.333 e. The van der Waals surface area contributed by atoms with Crippen molar-refractivity contribution >= 4 is 5.97 Å². The summed E-state index contributed by atoms with van der Waals surface area (Å²) in [7, 11) is 0. The molecule has 3 nitrogen and oxygen atoms in total. The highest BCUT2D eigenvalue weighted by Crippen LogP contribution is 2.30. The Hall–Kier alpha value is -0.830. The number of rotatable bonds is 2. The Bertz CT molecular complexity index is 305. The first kappa shape index (κ1) is 13.2. The molecule has 1 saturated heterocycles. The number of ether oxygens (including phenoxy) is 1. The van der Waals surface area contributed by atoms with E-state index in [4.69, 9.17) is 4.74 Å². The van der Waals surface area contributed by atoms with Gasteiger partial charge in [-0.05, 0) is 47.5 Å². The zero-order valence-electron chi connectivity index (χ0n) is 11.0. The number of hydrogen-bond donors (Lipinski definition) is 1. The third kappa shape index (κ3) is 3.08. The van der Waals surface area contributed by atoms with Crippen LogP contribution in [0.25, 0.3) is 0 Å². The summed E-state index contributed by atoms with van der Waals surface area (Å²) in [4.78, 5) is 11.5. The lowest BCUT2D eigenvalue weighted by Crippen LogP contribution is -2.63. The molecule has 92 valence electrons. The predicted octanol–water partition coefficient (Wildman–Crippen LogP) is 2.41. The van der Waals surface area contributed by atoms with Crippen molar-refractivity contribution in [2.75, 3.05) is 0 Å². The molecule has 1 N–H and O–H groups in total. The molecular formula is C13H23NO2. The molecule has 1 rings (SSSR count). The topological polar surface area (TPSA) is 38.3 Å². The highest BCUT2D eigenvalue weighted by atomic mass is 16.5. The van der Waals surface area contributed by atoms with E-state index >= 15 is 0 Å². The molecule has 0 spiro atoms. The second-order valence-electron chi connectivity index (χ2n) is 5.94. The molecule has 0 radical (unpaired) electrons. The van der Waals surface area contributed by atoms with Crippen molar-refractivity contribution in [2.45, 2.75) is 64.6 Å². The molecule has 0 bridgehead atoms. The maximum Gasteiger partial charge on any atom is 0.333 e. The van der Waals surface area contributed by atoms with E-state index in [0.29, 0.717) is 5.57 Å². The molecule has 1 heterocycles. The van der Waals surface area contributed by atoms with Crippen LogP contribution in [0.3, 0.4) is 0 Å². The molecule has 1 unspecified atom stereocenters. The first-order chi connectivity index (χ1) is 7.14. The summed E-state index contributed by atoms with van der Waals surface area (Å²) in [6.45, 7) is 13.8. The van der Waals surface area contributed by atoms with Crippen LogP contribution in [0.4, 0.5) is 0 Å². The van der Waals surface area contributed by atoms with E-state index < -0.39 is 0 Å². The van der Waals surface area contributed by atoms with Crippen molar-refractivity contribution in [3.8, 4) is 0 Å². The van der Waals surface area contributed by atoms with Gasteiger partial charge >= 0.3 is 5.97 Å². The standard InChI is InChI=1S/C13H23NO2/c1-9(2)11(15)16-10-7-8-12(3,4)14-13(10,5)6/h10,14H,1,7-8H2,2-6H3. The van der Waals surface area contributed by atoms with Crippen LogP contribution in [0.15, 0.2) is 12.2 Å². The molecule has 1 aliphatic rings. The Labute approximate surface area is 98.2 Å². The van der Waals surface area contributed by atoms with E-state index in [0.717, 1.165) is 12.8 Å². The highest BCUT2D eigenvalue weighted by molar-refractivity contribution is 5.87. The van der Waals surface area contributed by atoms with Crippen molar-refractivity contribution in [3.05, 3.63) is 12.2 Å². The Balaban J connectivity index is 2.69.